The van der Waals surface area contributed by atoms with Gasteiger partial charge in [-0.15, -0.1) is 0 Å². The van der Waals surface area contributed by atoms with Crippen LogP contribution in [0.3, 0.4) is 0 Å². The maximum Gasteiger partial charge on any atom is 0.305 e. The molecular formula is C12H14BrNO4. The summed E-state index contributed by atoms with van der Waals surface area (Å²) in [6.45, 7) is 0. The third kappa shape index (κ3) is 2.93. The Labute approximate surface area is 113 Å². The molecule has 0 radical (unpaired) electrons. The minimum atomic E-state index is -0.884. The normalized spacial score (nSPS) is 17.6. The van der Waals surface area contributed by atoms with E-state index in [9.17, 15) is 9.59 Å². The average molecular weight is 316 g/mol. The van der Waals surface area contributed by atoms with E-state index in [1.807, 2.05) is 0 Å². The minimum Gasteiger partial charge on any atom is -0.481 e. The molecule has 5 nitrogen and oxygen atoms in total. The molecule has 0 aromatic carbocycles. The molecule has 0 spiro atoms. The maximum absolute atomic E-state index is 12.0. The van der Waals surface area contributed by atoms with E-state index in [2.05, 4.69) is 21.2 Å². The second kappa shape index (κ2) is 5.14. The number of carbonyl (C=O) groups is 2. The summed E-state index contributed by atoms with van der Waals surface area (Å²) in [6, 6.07) is 1.57. The predicted octanol–water partition coefficient (Wildman–Crippen LogP) is 2.56. The molecule has 1 aromatic rings. The van der Waals surface area contributed by atoms with E-state index in [-0.39, 0.29) is 12.3 Å². The zero-order chi connectivity index (χ0) is 13.2. The van der Waals surface area contributed by atoms with E-state index in [0.29, 0.717) is 23.1 Å². The molecule has 0 bridgehead atoms. The van der Waals surface area contributed by atoms with Crippen molar-refractivity contribution in [3.63, 3.8) is 0 Å². The highest BCUT2D eigenvalue weighted by atomic mass is 79.9. The largest absolute Gasteiger partial charge is 0.481 e. The van der Waals surface area contributed by atoms with E-state index in [0.717, 1.165) is 12.8 Å². The monoisotopic (exact) mass is 315 g/mol. The van der Waals surface area contributed by atoms with Crippen LogP contribution in [0.15, 0.2) is 21.4 Å². The molecule has 1 amide bonds. The molecule has 6 heteroatoms. The van der Waals surface area contributed by atoms with Crippen molar-refractivity contribution >= 4 is 27.8 Å². The van der Waals surface area contributed by atoms with Gasteiger partial charge in [0.1, 0.15) is 6.26 Å². The smallest absolute Gasteiger partial charge is 0.305 e. The second-order valence-electron chi connectivity index (χ2n) is 4.65. The van der Waals surface area contributed by atoms with Crippen LogP contribution in [0, 0.1) is 0 Å². The Kier molecular flexibility index (Phi) is 3.75. The average Bonchev–Trinajstić information content (AvgIpc) is 2.87. The summed E-state index contributed by atoms with van der Waals surface area (Å²) in [5.74, 6) is -1.17. The third-order valence-corrected chi connectivity index (χ3v) is 3.67. The maximum atomic E-state index is 12.0. The van der Waals surface area contributed by atoms with Gasteiger partial charge in [-0.3, -0.25) is 9.59 Å². The fourth-order valence-electron chi connectivity index (χ4n) is 2.43. The number of hydrogen-bond acceptors (Lipinski definition) is 3. The SMILES string of the molecule is O=C(O)CC1(NC(=O)c2coc(Br)c2)CCCC1. The van der Waals surface area contributed by atoms with Gasteiger partial charge in [0.25, 0.3) is 5.91 Å². The van der Waals surface area contributed by atoms with Gasteiger partial charge in [0, 0.05) is 6.07 Å². The number of furan rings is 1. The molecule has 1 aliphatic carbocycles. The van der Waals surface area contributed by atoms with Crippen LogP contribution >= 0.6 is 15.9 Å². The summed E-state index contributed by atoms with van der Waals surface area (Å²) in [5, 5.41) is 11.8. The standard InChI is InChI=1S/C12H14BrNO4/c13-9-5-8(7-18-9)11(17)14-12(6-10(15)16)3-1-2-4-12/h5,7H,1-4,6H2,(H,14,17)(H,15,16). The summed E-state index contributed by atoms with van der Waals surface area (Å²) in [6.07, 6.45) is 4.64. The lowest BCUT2D eigenvalue weighted by molar-refractivity contribution is -0.138. The number of rotatable bonds is 4. The van der Waals surface area contributed by atoms with E-state index >= 15 is 0 Å². The quantitative estimate of drug-likeness (QED) is 0.895. The molecule has 0 saturated heterocycles. The van der Waals surface area contributed by atoms with Gasteiger partial charge in [-0.25, -0.2) is 0 Å². The summed E-state index contributed by atoms with van der Waals surface area (Å²) >= 11 is 3.13. The number of carbonyl (C=O) groups excluding carboxylic acids is 1. The highest BCUT2D eigenvalue weighted by Gasteiger charge is 2.37. The fourth-order valence-corrected chi connectivity index (χ4v) is 2.77. The Morgan fingerprint density at radius 2 is 2.11 bits per heavy atom. The van der Waals surface area contributed by atoms with Crippen molar-refractivity contribution in [3.05, 3.63) is 22.6 Å². The van der Waals surface area contributed by atoms with Crippen molar-refractivity contribution in [2.75, 3.05) is 0 Å². The Morgan fingerprint density at radius 1 is 1.44 bits per heavy atom. The van der Waals surface area contributed by atoms with Gasteiger partial charge in [-0.2, -0.15) is 0 Å². The molecule has 1 aromatic heterocycles. The first-order chi connectivity index (χ1) is 8.51. The highest BCUT2D eigenvalue weighted by Crippen LogP contribution is 2.33. The number of aliphatic carboxylic acids is 1. The van der Waals surface area contributed by atoms with Crippen LogP contribution < -0.4 is 5.32 Å². The van der Waals surface area contributed by atoms with E-state index in [4.69, 9.17) is 9.52 Å². The molecular weight excluding hydrogens is 302 g/mol. The van der Waals surface area contributed by atoms with Crippen molar-refractivity contribution in [1.29, 1.82) is 0 Å². The first-order valence-electron chi connectivity index (χ1n) is 5.79. The number of halogens is 1. The zero-order valence-electron chi connectivity index (χ0n) is 9.74. The summed E-state index contributed by atoms with van der Waals surface area (Å²) < 4.78 is 5.48. The molecule has 18 heavy (non-hydrogen) atoms. The molecule has 2 N–H and O–H groups in total. The first-order valence-corrected chi connectivity index (χ1v) is 6.58. The summed E-state index contributed by atoms with van der Waals surface area (Å²) in [5.41, 5.74) is -0.203. The van der Waals surface area contributed by atoms with Gasteiger partial charge in [0.15, 0.2) is 4.67 Å². The Bertz CT molecular complexity index is 462. The number of hydrogen-bond donors (Lipinski definition) is 2. The van der Waals surface area contributed by atoms with Gasteiger partial charge >= 0.3 is 5.97 Å². The van der Waals surface area contributed by atoms with Gasteiger partial charge in [-0.05, 0) is 28.8 Å². The summed E-state index contributed by atoms with van der Waals surface area (Å²) in [7, 11) is 0. The number of carboxylic acids is 1. The predicted molar refractivity (Wildman–Crippen MR) is 67.3 cm³/mol. The van der Waals surface area contributed by atoms with Crippen LogP contribution in [0.5, 0.6) is 0 Å². The lowest BCUT2D eigenvalue weighted by Crippen LogP contribution is -2.47. The molecule has 98 valence electrons. The van der Waals surface area contributed by atoms with Crippen molar-refractivity contribution in [3.8, 4) is 0 Å². The van der Waals surface area contributed by atoms with Crippen LogP contribution in [0.25, 0.3) is 0 Å². The van der Waals surface area contributed by atoms with E-state index < -0.39 is 11.5 Å². The molecule has 2 rings (SSSR count). The molecule has 1 saturated carbocycles. The number of nitrogens with one attached hydrogen (secondary N) is 1. The molecule has 0 aliphatic heterocycles. The van der Waals surface area contributed by atoms with Crippen LogP contribution in [0.1, 0.15) is 42.5 Å². The van der Waals surface area contributed by atoms with Gasteiger partial charge < -0.3 is 14.8 Å². The van der Waals surface area contributed by atoms with Gasteiger partial charge in [0.05, 0.1) is 17.5 Å². The van der Waals surface area contributed by atoms with Crippen molar-refractivity contribution < 1.29 is 19.1 Å². The van der Waals surface area contributed by atoms with Crippen molar-refractivity contribution in [2.24, 2.45) is 0 Å². The Hall–Kier alpha value is -1.30. The summed E-state index contributed by atoms with van der Waals surface area (Å²) in [4.78, 5) is 22.9. The lowest BCUT2D eigenvalue weighted by Gasteiger charge is -2.28. The Balaban J connectivity index is 2.09. The van der Waals surface area contributed by atoms with Crippen LogP contribution in [0.4, 0.5) is 0 Å². The van der Waals surface area contributed by atoms with E-state index in [1.165, 1.54) is 6.26 Å². The first kappa shape index (κ1) is 13.1. The molecule has 1 fully saturated rings. The molecule has 0 atom stereocenters. The number of amides is 1. The van der Waals surface area contributed by atoms with Crippen LogP contribution in [0.2, 0.25) is 0 Å². The second-order valence-corrected chi connectivity index (χ2v) is 5.43. The van der Waals surface area contributed by atoms with Crippen LogP contribution in [-0.2, 0) is 4.79 Å². The highest BCUT2D eigenvalue weighted by molar-refractivity contribution is 9.10. The van der Waals surface area contributed by atoms with Crippen molar-refractivity contribution in [1.82, 2.24) is 5.32 Å². The van der Waals surface area contributed by atoms with E-state index in [1.54, 1.807) is 6.07 Å². The number of carboxylic acid groups (broad SMARTS) is 1. The molecule has 1 heterocycles. The van der Waals surface area contributed by atoms with Gasteiger partial charge in [0.2, 0.25) is 0 Å². The zero-order valence-corrected chi connectivity index (χ0v) is 11.3. The lowest BCUT2D eigenvalue weighted by atomic mass is 9.93. The third-order valence-electron chi connectivity index (χ3n) is 3.26. The molecule has 0 unspecified atom stereocenters. The van der Waals surface area contributed by atoms with Crippen molar-refractivity contribution in [2.45, 2.75) is 37.6 Å². The van der Waals surface area contributed by atoms with Crippen LogP contribution in [-0.4, -0.2) is 22.5 Å². The fraction of sp³-hybridized carbons (Fsp3) is 0.500. The molecule has 1 aliphatic rings. The topological polar surface area (TPSA) is 79.5 Å². The van der Waals surface area contributed by atoms with Gasteiger partial charge in [-0.1, -0.05) is 12.8 Å². The Morgan fingerprint density at radius 3 is 2.61 bits per heavy atom. The minimum absolute atomic E-state index is 0.0300.